The third-order valence-electron chi connectivity index (χ3n) is 4.03. The fourth-order valence-corrected chi connectivity index (χ4v) is 3.89. The lowest BCUT2D eigenvalue weighted by atomic mass is 9.94. The van der Waals surface area contributed by atoms with E-state index < -0.39 is 10.0 Å². The van der Waals surface area contributed by atoms with Crippen LogP contribution in [0.2, 0.25) is 0 Å². The highest BCUT2D eigenvalue weighted by Gasteiger charge is 2.25. The third-order valence-corrected chi connectivity index (χ3v) is 5.61. The topological polar surface area (TPSA) is 81.4 Å². The largest absolute Gasteiger partial charge is 0.381 e. The van der Waals surface area contributed by atoms with Gasteiger partial charge in [-0.3, -0.25) is 0 Å². The number of rotatable bonds is 5. The molecule has 1 aliphatic rings. The lowest BCUT2D eigenvalue weighted by Gasteiger charge is -2.28. The minimum absolute atomic E-state index is 0.0907. The highest BCUT2D eigenvalue weighted by molar-refractivity contribution is 7.89. The molecule has 0 radical (unpaired) electrons. The molecule has 0 spiro atoms. The Hall–Kier alpha value is -0.950. The standard InChI is InChI=1S/C15H24N2O3S/c1-11(16)13-3-5-15(6-4-13)21(18,19)17-12(2)14-7-9-20-10-8-14/h3-6,11-12,14,17H,7-10,16H2,1-2H3. The van der Waals surface area contributed by atoms with Crippen LogP contribution in [0.1, 0.15) is 38.3 Å². The average molecular weight is 312 g/mol. The van der Waals surface area contributed by atoms with Crippen LogP contribution in [0.5, 0.6) is 0 Å². The molecule has 2 atom stereocenters. The number of nitrogens with one attached hydrogen (secondary N) is 1. The Balaban J connectivity index is 2.06. The first-order valence-corrected chi connectivity index (χ1v) is 8.84. The average Bonchev–Trinajstić information content (AvgIpc) is 2.48. The van der Waals surface area contributed by atoms with E-state index in [0.29, 0.717) is 19.1 Å². The van der Waals surface area contributed by atoms with Crippen LogP contribution in [-0.2, 0) is 14.8 Å². The molecule has 118 valence electrons. The van der Waals surface area contributed by atoms with Gasteiger partial charge in [-0.1, -0.05) is 12.1 Å². The Morgan fingerprint density at radius 1 is 1.19 bits per heavy atom. The molecule has 21 heavy (non-hydrogen) atoms. The van der Waals surface area contributed by atoms with Crippen LogP contribution >= 0.6 is 0 Å². The number of hydrogen-bond acceptors (Lipinski definition) is 4. The number of benzene rings is 1. The van der Waals surface area contributed by atoms with Crippen molar-refractivity contribution >= 4 is 10.0 Å². The zero-order valence-electron chi connectivity index (χ0n) is 12.6. The van der Waals surface area contributed by atoms with Crippen LogP contribution in [0.15, 0.2) is 29.2 Å². The molecule has 2 rings (SSSR count). The van der Waals surface area contributed by atoms with E-state index >= 15 is 0 Å². The number of hydrogen-bond donors (Lipinski definition) is 2. The molecule has 0 saturated carbocycles. The van der Waals surface area contributed by atoms with E-state index in [9.17, 15) is 8.42 Å². The summed E-state index contributed by atoms with van der Waals surface area (Å²) in [6, 6.07) is 6.55. The maximum absolute atomic E-state index is 12.4. The molecular weight excluding hydrogens is 288 g/mol. The van der Waals surface area contributed by atoms with Crippen LogP contribution in [-0.4, -0.2) is 27.7 Å². The van der Waals surface area contributed by atoms with Gasteiger partial charge in [0.15, 0.2) is 0 Å². The van der Waals surface area contributed by atoms with Gasteiger partial charge in [-0.05, 0) is 50.3 Å². The van der Waals surface area contributed by atoms with Crippen molar-refractivity contribution in [3.8, 4) is 0 Å². The quantitative estimate of drug-likeness (QED) is 0.868. The van der Waals surface area contributed by atoms with E-state index in [0.717, 1.165) is 18.4 Å². The Morgan fingerprint density at radius 3 is 2.29 bits per heavy atom. The minimum atomic E-state index is -3.48. The zero-order chi connectivity index (χ0) is 15.5. The molecular formula is C15H24N2O3S. The van der Waals surface area contributed by atoms with Gasteiger partial charge in [-0.15, -0.1) is 0 Å². The van der Waals surface area contributed by atoms with Crippen LogP contribution in [0.3, 0.4) is 0 Å². The molecule has 1 saturated heterocycles. The van der Waals surface area contributed by atoms with E-state index in [1.165, 1.54) is 0 Å². The molecule has 1 aromatic carbocycles. The Labute approximate surface area is 126 Å². The van der Waals surface area contributed by atoms with Crippen LogP contribution < -0.4 is 10.5 Å². The molecule has 1 aliphatic heterocycles. The van der Waals surface area contributed by atoms with Crippen molar-refractivity contribution in [3.63, 3.8) is 0 Å². The van der Waals surface area contributed by atoms with E-state index in [1.54, 1.807) is 24.3 Å². The number of nitrogens with two attached hydrogens (primary N) is 1. The molecule has 3 N–H and O–H groups in total. The van der Waals surface area contributed by atoms with Gasteiger partial charge in [0.1, 0.15) is 0 Å². The zero-order valence-corrected chi connectivity index (χ0v) is 13.4. The second-order valence-corrected chi connectivity index (χ2v) is 7.43. The summed E-state index contributed by atoms with van der Waals surface area (Å²) >= 11 is 0. The van der Waals surface area contributed by atoms with E-state index in [-0.39, 0.29) is 17.0 Å². The predicted octanol–water partition coefficient (Wildman–Crippen LogP) is 1.80. The van der Waals surface area contributed by atoms with Crippen molar-refractivity contribution in [2.24, 2.45) is 11.7 Å². The summed E-state index contributed by atoms with van der Waals surface area (Å²) < 4.78 is 32.9. The van der Waals surface area contributed by atoms with Crippen molar-refractivity contribution in [3.05, 3.63) is 29.8 Å². The van der Waals surface area contributed by atoms with Crippen molar-refractivity contribution in [2.75, 3.05) is 13.2 Å². The minimum Gasteiger partial charge on any atom is -0.381 e. The smallest absolute Gasteiger partial charge is 0.240 e. The van der Waals surface area contributed by atoms with E-state index in [1.807, 2.05) is 13.8 Å². The van der Waals surface area contributed by atoms with Crippen LogP contribution in [0.4, 0.5) is 0 Å². The summed E-state index contributed by atoms with van der Waals surface area (Å²) in [5.74, 6) is 0.330. The number of ether oxygens (including phenoxy) is 1. The Bertz CT molecular complexity index is 549. The maximum atomic E-state index is 12.4. The van der Waals surface area contributed by atoms with Gasteiger partial charge in [-0.25, -0.2) is 13.1 Å². The first kappa shape index (κ1) is 16.4. The molecule has 1 heterocycles. The summed E-state index contributed by atoms with van der Waals surface area (Å²) in [4.78, 5) is 0.283. The van der Waals surface area contributed by atoms with E-state index in [2.05, 4.69) is 4.72 Å². The third kappa shape index (κ3) is 4.26. The van der Waals surface area contributed by atoms with Crippen molar-refractivity contribution in [1.29, 1.82) is 0 Å². The van der Waals surface area contributed by atoms with Crippen molar-refractivity contribution in [1.82, 2.24) is 4.72 Å². The van der Waals surface area contributed by atoms with Gasteiger partial charge >= 0.3 is 0 Å². The summed E-state index contributed by atoms with van der Waals surface area (Å²) in [5, 5.41) is 0. The lowest BCUT2D eigenvalue weighted by molar-refractivity contribution is 0.0585. The second kappa shape index (κ2) is 6.87. The molecule has 2 unspecified atom stereocenters. The molecule has 0 aromatic heterocycles. The van der Waals surface area contributed by atoms with Crippen LogP contribution in [0, 0.1) is 5.92 Å². The lowest BCUT2D eigenvalue weighted by Crippen LogP contribution is -2.40. The van der Waals surface area contributed by atoms with Crippen LogP contribution in [0.25, 0.3) is 0 Å². The Kier molecular flexibility index (Phi) is 5.37. The van der Waals surface area contributed by atoms with Gasteiger partial charge in [0.25, 0.3) is 0 Å². The van der Waals surface area contributed by atoms with Crippen molar-refractivity contribution in [2.45, 2.75) is 43.7 Å². The molecule has 1 aromatic rings. The summed E-state index contributed by atoms with van der Waals surface area (Å²) in [6.07, 6.45) is 1.79. The molecule has 1 fully saturated rings. The van der Waals surface area contributed by atoms with Crippen molar-refractivity contribution < 1.29 is 13.2 Å². The first-order valence-electron chi connectivity index (χ1n) is 7.36. The normalized spacial score (nSPS) is 20.1. The summed E-state index contributed by atoms with van der Waals surface area (Å²) in [5.41, 5.74) is 6.70. The first-order chi connectivity index (χ1) is 9.90. The van der Waals surface area contributed by atoms with Gasteiger partial charge in [-0.2, -0.15) is 0 Å². The predicted molar refractivity (Wildman–Crippen MR) is 82.4 cm³/mol. The molecule has 5 nitrogen and oxygen atoms in total. The van der Waals surface area contributed by atoms with Gasteiger partial charge in [0.05, 0.1) is 4.90 Å². The van der Waals surface area contributed by atoms with Gasteiger partial charge in [0.2, 0.25) is 10.0 Å². The second-order valence-electron chi connectivity index (χ2n) is 5.72. The SMILES string of the molecule is CC(N)c1ccc(S(=O)(=O)NC(C)C2CCOCC2)cc1. The highest BCUT2D eigenvalue weighted by Crippen LogP contribution is 2.21. The summed E-state index contributed by atoms with van der Waals surface area (Å²) in [6.45, 7) is 5.21. The molecule has 0 bridgehead atoms. The monoisotopic (exact) mass is 312 g/mol. The van der Waals surface area contributed by atoms with Gasteiger partial charge in [0, 0.05) is 25.3 Å². The molecule has 6 heteroatoms. The number of sulfonamides is 1. The van der Waals surface area contributed by atoms with E-state index in [4.69, 9.17) is 10.5 Å². The fraction of sp³-hybridized carbons (Fsp3) is 0.600. The fourth-order valence-electron chi connectivity index (χ4n) is 2.58. The Morgan fingerprint density at radius 2 is 1.76 bits per heavy atom. The molecule has 0 aliphatic carbocycles. The maximum Gasteiger partial charge on any atom is 0.240 e. The summed E-state index contributed by atoms with van der Waals surface area (Å²) in [7, 11) is -3.48. The van der Waals surface area contributed by atoms with Gasteiger partial charge < -0.3 is 10.5 Å². The highest BCUT2D eigenvalue weighted by atomic mass is 32.2. The molecule has 0 amide bonds.